The molecule has 0 spiro atoms. The smallest absolute Gasteiger partial charge is 0.341 e. The van der Waals surface area contributed by atoms with Crippen LogP contribution in [0.2, 0.25) is 0 Å². The molecule has 1 N–H and O–H groups in total. The summed E-state index contributed by atoms with van der Waals surface area (Å²) in [5.74, 6) is -1.61. The fourth-order valence-corrected chi connectivity index (χ4v) is 3.17. The summed E-state index contributed by atoms with van der Waals surface area (Å²) in [6.07, 6.45) is 1.80. The van der Waals surface area contributed by atoms with E-state index in [1.807, 2.05) is 4.90 Å². The second kappa shape index (κ2) is 4.86. The minimum Gasteiger partial charge on any atom is -0.477 e. The largest absolute Gasteiger partial charge is 0.477 e. The lowest BCUT2D eigenvalue weighted by Gasteiger charge is -2.40. The highest BCUT2D eigenvalue weighted by Crippen LogP contribution is 2.42. The maximum atomic E-state index is 14.7. The Balaban J connectivity index is 2.14. The van der Waals surface area contributed by atoms with Crippen molar-refractivity contribution in [3.63, 3.8) is 0 Å². The normalized spacial score (nSPS) is 19.2. The zero-order valence-electron chi connectivity index (χ0n) is 13.2. The third kappa shape index (κ3) is 1.82. The van der Waals surface area contributed by atoms with Crippen molar-refractivity contribution in [2.75, 3.05) is 30.0 Å². The number of benzene rings is 1. The van der Waals surface area contributed by atoms with Crippen LogP contribution in [0.5, 0.6) is 5.75 Å². The van der Waals surface area contributed by atoms with Gasteiger partial charge in [0.15, 0.2) is 17.8 Å². The molecule has 0 radical (unpaired) electrons. The lowest BCUT2D eigenvalue weighted by molar-refractivity contribution is 0.0694. The van der Waals surface area contributed by atoms with E-state index in [-0.39, 0.29) is 5.39 Å². The van der Waals surface area contributed by atoms with Gasteiger partial charge < -0.3 is 14.7 Å². The van der Waals surface area contributed by atoms with E-state index in [1.165, 1.54) is 6.20 Å². The highest BCUT2D eigenvalue weighted by molar-refractivity contribution is 5.97. The summed E-state index contributed by atoms with van der Waals surface area (Å²) in [5.41, 5.74) is -0.375. The molecule has 8 heteroatoms. The average Bonchev–Trinajstić information content (AvgIpc) is 2.47. The molecule has 7 nitrogen and oxygen atoms in total. The predicted octanol–water partition coefficient (Wildman–Crippen LogP) is 1.36. The number of rotatable bonds is 2. The van der Waals surface area contributed by atoms with Gasteiger partial charge in [-0.05, 0) is 19.4 Å². The van der Waals surface area contributed by atoms with Crippen LogP contribution in [-0.2, 0) is 0 Å². The van der Waals surface area contributed by atoms with Crippen LogP contribution in [-0.4, -0.2) is 42.1 Å². The van der Waals surface area contributed by atoms with Gasteiger partial charge in [-0.2, -0.15) is 0 Å². The molecule has 1 saturated heterocycles. The molecule has 2 aromatic rings. The number of halogens is 1. The van der Waals surface area contributed by atoms with Crippen molar-refractivity contribution < 1.29 is 19.0 Å². The Morgan fingerprint density at radius 3 is 2.71 bits per heavy atom. The van der Waals surface area contributed by atoms with E-state index < -0.39 is 29.0 Å². The minimum atomic E-state index is -1.34. The number of aromatic nitrogens is 1. The van der Waals surface area contributed by atoms with Gasteiger partial charge in [-0.25, -0.2) is 9.18 Å². The Labute approximate surface area is 136 Å². The summed E-state index contributed by atoms with van der Waals surface area (Å²) in [7, 11) is 1.72. The summed E-state index contributed by atoms with van der Waals surface area (Å²) < 4.78 is 22.1. The molecule has 0 bridgehead atoms. The van der Waals surface area contributed by atoms with Gasteiger partial charge in [0.05, 0.1) is 5.39 Å². The first-order valence-corrected chi connectivity index (χ1v) is 7.70. The number of carboxylic acids is 1. The maximum Gasteiger partial charge on any atom is 0.341 e. The second-order valence-electron chi connectivity index (χ2n) is 6.09. The highest BCUT2D eigenvalue weighted by atomic mass is 19.1. The molecule has 1 aromatic heterocycles. The van der Waals surface area contributed by atoms with Crippen molar-refractivity contribution in [1.29, 1.82) is 0 Å². The lowest BCUT2D eigenvalue weighted by Crippen LogP contribution is -2.47. The van der Waals surface area contributed by atoms with E-state index in [2.05, 4.69) is 0 Å². The van der Waals surface area contributed by atoms with Crippen LogP contribution < -0.4 is 20.1 Å². The molecule has 4 rings (SSSR count). The highest BCUT2D eigenvalue weighted by Gasteiger charge is 2.33. The molecule has 3 heterocycles. The molecular formula is C16H16FN3O4. The first kappa shape index (κ1) is 14.8. The standard InChI is InChI=1S/C16H16FN3O4/c1-8-18(2)20-7-10(16(22)23)14(21)9-6-11(17)13(19-4-3-5-19)15(24-8)12(9)20/h6-8H,3-5H2,1-2H3,(H,22,23). The summed E-state index contributed by atoms with van der Waals surface area (Å²) in [6.45, 7) is 3.22. The van der Waals surface area contributed by atoms with Crippen LogP contribution in [0.4, 0.5) is 10.1 Å². The van der Waals surface area contributed by atoms with Crippen LogP contribution in [0.25, 0.3) is 10.9 Å². The number of ether oxygens (including phenoxy) is 1. The summed E-state index contributed by atoms with van der Waals surface area (Å²) in [4.78, 5) is 25.7. The maximum absolute atomic E-state index is 14.7. The molecule has 1 aromatic carbocycles. The number of aromatic carboxylic acids is 1. The van der Waals surface area contributed by atoms with Crippen LogP contribution in [0, 0.1) is 5.82 Å². The number of carbonyl (C=O) groups is 1. The fraction of sp³-hybridized carbons (Fsp3) is 0.375. The van der Waals surface area contributed by atoms with Gasteiger partial charge in [-0.15, -0.1) is 0 Å². The SMILES string of the molecule is CC1Oc2c(N3CCC3)c(F)cc3c(=O)c(C(=O)O)cn(c23)N1C. The van der Waals surface area contributed by atoms with Crippen LogP contribution in [0.3, 0.4) is 0 Å². The topological polar surface area (TPSA) is 75.0 Å². The van der Waals surface area contributed by atoms with Crippen molar-refractivity contribution in [3.05, 3.63) is 33.9 Å². The van der Waals surface area contributed by atoms with E-state index in [4.69, 9.17) is 4.74 Å². The lowest BCUT2D eigenvalue weighted by atomic mass is 10.1. The molecule has 0 amide bonds. The minimum absolute atomic E-state index is 0.00502. The molecule has 126 valence electrons. The number of hydrogen-bond acceptors (Lipinski definition) is 5. The third-order valence-corrected chi connectivity index (χ3v) is 4.71. The number of hydrogen-bond donors (Lipinski definition) is 1. The molecule has 0 saturated carbocycles. The number of pyridine rings is 1. The van der Waals surface area contributed by atoms with Crippen molar-refractivity contribution in [3.8, 4) is 5.75 Å². The van der Waals surface area contributed by atoms with Gasteiger partial charge in [-0.3, -0.25) is 14.5 Å². The zero-order valence-corrected chi connectivity index (χ0v) is 13.2. The Hall–Kier alpha value is -2.77. The fourth-order valence-electron chi connectivity index (χ4n) is 3.17. The van der Waals surface area contributed by atoms with Gasteiger partial charge in [-0.1, -0.05) is 0 Å². The number of anilines is 1. The van der Waals surface area contributed by atoms with E-state index in [0.717, 1.165) is 25.6 Å². The Morgan fingerprint density at radius 2 is 2.12 bits per heavy atom. The zero-order chi connectivity index (χ0) is 17.2. The van der Waals surface area contributed by atoms with E-state index >= 15 is 0 Å². The predicted molar refractivity (Wildman–Crippen MR) is 86.2 cm³/mol. The first-order valence-electron chi connectivity index (χ1n) is 7.70. The quantitative estimate of drug-likeness (QED) is 0.894. The van der Waals surface area contributed by atoms with Gasteiger partial charge in [0.25, 0.3) is 0 Å². The summed E-state index contributed by atoms with van der Waals surface area (Å²) in [6, 6.07) is 1.12. The molecular weight excluding hydrogens is 317 g/mol. The van der Waals surface area contributed by atoms with Crippen molar-refractivity contribution in [2.24, 2.45) is 0 Å². The van der Waals surface area contributed by atoms with Gasteiger partial charge in [0, 0.05) is 26.3 Å². The first-order chi connectivity index (χ1) is 11.4. The van der Waals surface area contributed by atoms with Crippen molar-refractivity contribution >= 4 is 22.6 Å². The molecule has 1 unspecified atom stereocenters. The Bertz CT molecular complexity index is 935. The third-order valence-electron chi connectivity index (χ3n) is 4.71. The van der Waals surface area contributed by atoms with Crippen molar-refractivity contribution in [1.82, 2.24) is 4.68 Å². The number of nitrogens with zero attached hydrogens (tertiary/aromatic N) is 3. The van der Waals surface area contributed by atoms with Crippen LogP contribution in [0.15, 0.2) is 17.1 Å². The van der Waals surface area contributed by atoms with Gasteiger partial charge in [0.1, 0.15) is 16.8 Å². The van der Waals surface area contributed by atoms with Crippen molar-refractivity contribution in [2.45, 2.75) is 19.6 Å². The molecule has 1 atom stereocenters. The second-order valence-corrected chi connectivity index (χ2v) is 6.09. The van der Waals surface area contributed by atoms with E-state index in [1.54, 1.807) is 23.7 Å². The monoisotopic (exact) mass is 333 g/mol. The molecule has 24 heavy (non-hydrogen) atoms. The molecule has 0 aliphatic carbocycles. The summed E-state index contributed by atoms with van der Waals surface area (Å²) >= 11 is 0. The molecule has 2 aliphatic heterocycles. The van der Waals surface area contributed by atoms with Crippen LogP contribution in [0.1, 0.15) is 23.7 Å². The van der Waals surface area contributed by atoms with Gasteiger partial charge in [0.2, 0.25) is 5.43 Å². The molecule has 1 fully saturated rings. The Kier molecular flexibility index (Phi) is 3.00. The average molecular weight is 333 g/mol. The number of carboxylic acid groups (broad SMARTS) is 1. The Morgan fingerprint density at radius 1 is 1.42 bits per heavy atom. The summed E-state index contributed by atoms with van der Waals surface area (Å²) in [5, 5.41) is 10.9. The van der Waals surface area contributed by atoms with E-state index in [9.17, 15) is 19.1 Å². The molecule has 2 aliphatic rings. The van der Waals surface area contributed by atoms with Crippen LogP contribution >= 0.6 is 0 Å². The van der Waals surface area contributed by atoms with E-state index in [0.29, 0.717) is 17.0 Å². The van der Waals surface area contributed by atoms with Gasteiger partial charge >= 0.3 is 5.97 Å².